The lowest BCUT2D eigenvalue weighted by molar-refractivity contribution is -0.121. The zero-order chi connectivity index (χ0) is 20.3. The Morgan fingerprint density at radius 3 is 2.64 bits per heavy atom. The molecule has 7 nitrogen and oxygen atoms in total. The van der Waals surface area contributed by atoms with E-state index in [0.29, 0.717) is 27.4 Å². The summed E-state index contributed by atoms with van der Waals surface area (Å²) in [7, 11) is 0. The predicted molar refractivity (Wildman–Crippen MR) is 113 cm³/mol. The maximum atomic E-state index is 12.3. The molecule has 28 heavy (non-hydrogen) atoms. The highest BCUT2D eigenvalue weighted by atomic mass is 32.2. The van der Waals surface area contributed by atoms with Gasteiger partial charge in [-0.3, -0.25) is 25.2 Å². The highest BCUT2D eigenvalue weighted by Crippen LogP contribution is 2.26. The molecule has 9 heteroatoms. The molecule has 0 radical (unpaired) electrons. The fourth-order valence-electron chi connectivity index (χ4n) is 2.53. The fraction of sp³-hybridized carbons (Fsp3) is 0.263. The fourth-order valence-corrected chi connectivity index (χ4v) is 4.33. The smallest absolute Gasteiger partial charge is 0.269 e. The van der Waals surface area contributed by atoms with Gasteiger partial charge < -0.3 is 4.98 Å². The molecule has 1 atom stereocenters. The lowest BCUT2D eigenvalue weighted by Gasteiger charge is -2.12. The molecule has 0 spiro atoms. The van der Waals surface area contributed by atoms with Crippen LogP contribution >= 0.6 is 23.1 Å². The first-order valence-electron chi connectivity index (χ1n) is 8.62. The number of fused-ring (bicyclic) bond motifs is 1. The number of nitrogens with zero attached hydrogens (tertiary/aromatic N) is 1. The normalized spacial score (nSPS) is 12.0. The number of rotatable bonds is 5. The number of hydrogen-bond acceptors (Lipinski definition) is 6. The van der Waals surface area contributed by atoms with E-state index in [0.717, 1.165) is 10.4 Å². The zero-order valence-corrected chi connectivity index (χ0v) is 17.3. The minimum atomic E-state index is -0.441. The third kappa shape index (κ3) is 4.42. The summed E-state index contributed by atoms with van der Waals surface area (Å²) in [6, 6.07) is 8.62. The number of hydrazine groups is 1. The van der Waals surface area contributed by atoms with Crippen molar-refractivity contribution >= 4 is 45.1 Å². The summed E-state index contributed by atoms with van der Waals surface area (Å²) in [6.07, 6.45) is 0. The van der Waals surface area contributed by atoms with Crippen molar-refractivity contribution in [3.8, 4) is 0 Å². The summed E-state index contributed by atoms with van der Waals surface area (Å²) in [5, 5.41) is 0.189. The molecule has 0 unspecified atom stereocenters. The van der Waals surface area contributed by atoms with E-state index in [4.69, 9.17) is 0 Å². The monoisotopic (exact) mass is 416 g/mol. The number of H-pyrrole nitrogens is 1. The van der Waals surface area contributed by atoms with E-state index in [-0.39, 0.29) is 17.4 Å². The average Bonchev–Trinajstić information content (AvgIpc) is 2.98. The Morgan fingerprint density at radius 1 is 1.21 bits per heavy atom. The predicted octanol–water partition coefficient (Wildman–Crippen LogP) is 2.68. The molecule has 0 fully saturated rings. The Morgan fingerprint density at radius 2 is 1.93 bits per heavy atom. The Labute approximate surface area is 169 Å². The van der Waals surface area contributed by atoms with E-state index >= 15 is 0 Å². The molecule has 3 rings (SSSR count). The van der Waals surface area contributed by atoms with Gasteiger partial charge in [0, 0.05) is 10.4 Å². The van der Waals surface area contributed by atoms with Gasteiger partial charge >= 0.3 is 0 Å². The van der Waals surface area contributed by atoms with Crippen molar-refractivity contribution < 1.29 is 9.59 Å². The number of amides is 2. The molecule has 2 amide bonds. The van der Waals surface area contributed by atoms with Crippen molar-refractivity contribution in [3.05, 3.63) is 62.5 Å². The summed E-state index contributed by atoms with van der Waals surface area (Å²) in [6.45, 7) is 5.60. The van der Waals surface area contributed by atoms with Crippen LogP contribution in [0, 0.1) is 13.8 Å². The van der Waals surface area contributed by atoms with Crippen LogP contribution in [-0.2, 0) is 10.5 Å². The second-order valence-corrected chi connectivity index (χ2v) is 8.77. The summed E-state index contributed by atoms with van der Waals surface area (Å²) in [4.78, 5) is 45.5. The quantitative estimate of drug-likeness (QED) is 0.555. The SMILES string of the molecule is Cc1sc2nc(CS[C@H](C)C(=O)NNC(=O)c3ccccc3)[nH]c(=O)c2c1C. The highest BCUT2D eigenvalue weighted by Gasteiger charge is 2.17. The number of aromatic nitrogens is 2. The molecule has 0 aliphatic heterocycles. The van der Waals surface area contributed by atoms with Crippen molar-refractivity contribution in [1.82, 2.24) is 20.8 Å². The first kappa shape index (κ1) is 20.1. The number of carbonyl (C=O) groups excluding carboxylic acids is 2. The van der Waals surface area contributed by atoms with Crippen LogP contribution in [-0.4, -0.2) is 27.0 Å². The third-order valence-corrected chi connectivity index (χ3v) is 6.52. The Hall–Kier alpha value is -2.65. The highest BCUT2D eigenvalue weighted by molar-refractivity contribution is 7.99. The van der Waals surface area contributed by atoms with Gasteiger partial charge in [0.05, 0.1) is 16.4 Å². The van der Waals surface area contributed by atoms with Crippen LogP contribution in [0.4, 0.5) is 0 Å². The summed E-state index contributed by atoms with van der Waals surface area (Å²) in [5.74, 6) is 0.186. The number of thioether (sulfide) groups is 1. The largest absolute Gasteiger partial charge is 0.309 e. The summed E-state index contributed by atoms with van der Waals surface area (Å²) < 4.78 is 0. The van der Waals surface area contributed by atoms with Gasteiger partial charge in [-0.05, 0) is 38.5 Å². The van der Waals surface area contributed by atoms with Gasteiger partial charge in [-0.2, -0.15) is 0 Å². The van der Waals surface area contributed by atoms with E-state index < -0.39 is 5.25 Å². The average molecular weight is 417 g/mol. The molecular weight excluding hydrogens is 396 g/mol. The molecule has 3 N–H and O–H groups in total. The number of benzene rings is 1. The second kappa shape index (κ2) is 8.57. The molecule has 146 valence electrons. The number of aryl methyl sites for hydroxylation is 2. The van der Waals surface area contributed by atoms with E-state index in [2.05, 4.69) is 20.8 Å². The number of carbonyl (C=O) groups is 2. The van der Waals surface area contributed by atoms with Gasteiger partial charge in [0.1, 0.15) is 10.7 Å². The topological polar surface area (TPSA) is 104 Å². The first-order valence-corrected chi connectivity index (χ1v) is 10.5. The van der Waals surface area contributed by atoms with E-state index in [1.54, 1.807) is 31.2 Å². The van der Waals surface area contributed by atoms with Crippen molar-refractivity contribution in [1.29, 1.82) is 0 Å². The lowest BCUT2D eigenvalue weighted by atomic mass is 10.2. The molecule has 2 heterocycles. The maximum Gasteiger partial charge on any atom is 0.269 e. The third-order valence-electron chi connectivity index (χ3n) is 4.26. The maximum absolute atomic E-state index is 12.3. The van der Waals surface area contributed by atoms with Crippen molar-refractivity contribution in [2.75, 3.05) is 0 Å². The van der Waals surface area contributed by atoms with Crippen LogP contribution in [0.25, 0.3) is 10.2 Å². The Bertz CT molecular complexity index is 1080. The molecular formula is C19H20N4O3S2. The van der Waals surface area contributed by atoms with Crippen molar-refractivity contribution in [2.45, 2.75) is 31.8 Å². The zero-order valence-electron chi connectivity index (χ0n) is 15.7. The molecule has 0 aliphatic rings. The Kier molecular flexibility index (Phi) is 6.15. The van der Waals surface area contributed by atoms with Crippen LogP contribution in [0.2, 0.25) is 0 Å². The molecule has 0 saturated carbocycles. The van der Waals surface area contributed by atoms with E-state index in [9.17, 15) is 14.4 Å². The van der Waals surface area contributed by atoms with Crippen LogP contribution < -0.4 is 16.4 Å². The second-order valence-electron chi connectivity index (χ2n) is 6.24. The van der Waals surface area contributed by atoms with Crippen LogP contribution in [0.1, 0.15) is 33.5 Å². The van der Waals surface area contributed by atoms with Crippen LogP contribution in [0.15, 0.2) is 35.1 Å². The molecule has 2 aromatic heterocycles. The molecule has 0 bridgehead atoms. The van der Waals surface area contributed by atoms with E-state index in [1.165, 1.54) is 23.1 Å². The van der Waals surface area contributed by atoms with Crippen molar-refractivity contribution in [2.24, 2.45) is 0 Å². The van der Waals surface area contributed by atoms with Gasteiger partial charge in [-0.1, -0.05) is 18.2 Å². The van der Waals surface area contributed by atoms with Gasteiger partial charge in [-0.15, -0.1) is 23.1 Å². The molecule has 0 saturated heterocycles. The molecule has 1 aromatic carbocycles. The van der Waals surface area contributed by atoms with Crippen LogP contribution in [0.3, 0.4) is 0 Å². The standard InChI is InChI=1S/C19H20N4O3S2/c1-10-11(2)28-19-15(10)18(26)20-14(21-19)9-27-12(3)16(24)22-23-17(25)13-7-5-4-6-8-13/h4-8,12H,9H2,1-3H3,(H,22,24)(H,23,25)(H,20,21,26)/t12-/m1/s1. The minimum Gasteiger partial charge on any atom is -0.309 e. The number of nitrogens with one attached hydrogen (secondary N) is 3. The Balaban J connectivity index is 1.57. The van der Waals surface area contributed by atoms with Crippen molar-refractivity contribution in [3.63, 3.8) is 0 Å². The summed E-state index contributed by atoms with van der Waals surface area (Å²) in [5.41, 5.74) is 6.07. The number of hydrogen-bond donors (Lipinski definition) is 3. The lowest BCUT2D eigenvalue weighted by Crippen LogP contribution is -2.44. The number of thiophene rings is 1. The first-order chi connectivity index (χ1) is 13.4. The molecule has 3 aromatic rings. The van der Waals surface area contributed by atoms with Crippen LogP contribution in [0.5, 0.6) is 0 Å². The van der Waals surface area contributed by atoms with E-state index in [1.807, 2.05) is 19.9 Å². The molecule has 0 aliphatic carbocycles. The minimum absolute atomic E-state index is 0.158. The number of aromatic amines is 1. The van der Waals surface area contributed by atoms with Gasteiger partial charge in [0.25, 0.3) is 17.4 Å². The van der Waals surface area contributed by atoms with Gasteiger partial charge in [0.2, 0.25) is 0 Å². The van der Waals surface area contributed by atoms with Gasteiger partial charge in [0.15, 0.2) is 0 Å². The summed E-state index contributed by atoms with van der Waals surface area (Å²) >= 11 is 2.81. The van der Waals surface area contributed by atoms with Gasteiger partial charge in [-0.25, -0.2) is 4.98 Å².